The highest BCUT2D eigenvalue weighted by Gasteiger charge is 2.17. The number of ether oxygens (including phenoxy) is 3. The third-order valence-corrected chi connectivity index (χ3v) is 3.85. The van der Waals surface area contributed by atoms with E-state index in [4.69, 9.17) is 14.2 Å². The summed E-state index contributed by atoms with van der Waals surface area (Å²) >= 11 is 0. The van der Waals surface area contributed by atoms with Crippen LogP contribution in [0.3, 0.4) is 0 Å². The fraction of sp³-hybridized carbons (Fsp3) is 0.632. The minimum atomic E-state index is -0.276. The Labute approximate surface area is 178 Å². The van der Waals surface area contributed by atoms with Crippen LogP contribution >= 0.6 is 24.0 Å². The Morgan fingerprint density at radius 2 is 2.07 bits per heavy atom. The first-order valence-corrected chi connectivity index (χ1v) is 9.23. The van der Waals surface area contributed by atoms with Gasteiger partial charge in [0.2, 0.25) is 0 Å². The van der Waals surface area contributed by atoms with Crippen LogP contribution in [0.2, 0.25) is 0 Å². The second-order valence-corrected chi connectivity index (χ2v) is 6.47. The van der Waals surface area contributed by atoms with Crippen molar-refractivity contribution in [3.8, 4) is 5.75 Å². The maximum atomic E-state index is 12.9. The lowest BCUT2D eigenvalue weighted by Gasteiger charge is -2.20. The summed E-state index contributed by atoms with van der Waals surface area (Å²) in [6.07, 6.45) is 1.03. The average Bonchev–Trinajstić information content (AvgIpc) is 3.14. The summed E-state index contributed by atoms with van der Waals surface area (Å²) in [7, 11) is 0. The molecule has 6 nitrogen and oxygen atoms in total. The number of halogens is 2. The largest absolute Gasteiger partial charge is 0.489 e. The van der Waals surface area contributed by atoms with Gasteiger partial charge in [0.15, 0.2) is 5.96 Å². The molecule has 0 amide bonds. The summed E-state index contributed by atoms with van der Waals surface area (Å²) in [6.45, 7) is 9.32. The van der Waals surface area contributed by atoms with Gasteiger partial charge in [-0.1, -0.05) is 0 Å². The molecule has 3 unspecified atom stereocenters. The van der Waals surface area contributed by atoms with Gasteiger partial charge in [0, 0.05) is 19.2 Å². The molecule has 1 aromatic carbocycles. The first kappa shape index (κ1) is 23.9. The predicted molar refractivity (Wildman–Crippen MR) is 116 cm³/mol. The van der Waals surface area contributed by atoms with Crippen molar-refractivity contribution in [1.82, 2.24) is 10.6 Å². The molecule has 3 atom stereocenters. The second-order valence-electron chi connectivity index (χ2n) is 6.47. The normalized spacial score (nSPS) is 19.1. The molecule has 1 heterocycles. The van der Waals surface area contributed by atoms with Crippen LogP contribution in [0.4, 0.5) is 4.39 Å². The molecule has 1 fully saturated rings. The van der Waals surface area contributed by atoms with Crippen LogP contribution in [-0.2, 0) is 9.47 Å². The third-order valence-electron chi connectivity index (χ3n) is 3.85. The average molecular weight is 495 g/mol. The molecule has 0 spiro atoms. The fourth-order valence-corrected chi connectivity index (χ4v) is 2.52. The lowest BCUT2D eigenvalue weighted by atomic mass is 10.3. The maximum absolute atomic E-state index is 12.9. The monoisotopic (exact) mass is 495 g/mol. The van der Waals surface area contributed by atoms with Crippen LogP contribution < -0.4 is 15.4 Å². The van der Waals surface area contributed by atoms with Gasteiger partial charge < -0.3 is 24.8 Å². The molecular weight excluding hydrogens is 464 g/mol. The molecule has 0 saturated carbocycles. The van der Waals surface area contributed by atoms with Crippen LogP contribution in [0.15, 0.2) is 29.3 Å². The number of aliphatic imine (C=N–C) groups is 1. The first-order valence-electron chi connectivity index (χ1n) is 9.23. The maximum Gasteiger partial charge on any atom is 0.191 e. The van der Waals surface area contributed by atoms with E-state index in [9.17, 15) is 4.39 Å². The van der Waals surface area contributed by atoms with Gasteiger partial charge in [-0.3, -0.25) is 0 Å². The number of benzene rings is 1. The molecule has 1 aliphatic heterocycles. The highest BCUT2D eigenvalue weighted by atomic mass is 127. The summed E-state index contributed by atoms with van der Waals surface area (Å²) in [5.74, 6) is 1.08. The minimum Gasteiger partial charge on any atom is -0.489 e. The van der Waals surface area contributed by atoms with Gasteiger partial charge in [0.25, 0.3) is 0 Å². The summed E-state index contributed by atoms with van der Waals surface area (Å²) in [6, 6.07) is 6.12. The Hall–Kier alpha value is -1.13. The minimum absolute atomic E-state index is 0. The standard InChI is InChI=1S/C19H30FN3O3.HI/c1-4-21-19(23-14(2)12-25-18-9-10-24-13-18)22-11-15(3)26-17-7-5-16(20)6-8-17;/h5-8,14-15,18H,4,9-13H2,1-3H3,(H2,21,22,23);1H. The van der Waals surface area contributed by atoms with Crippen LogP contribution in [0.1, 0.15) is 27.2 Å². The summed E-state index contributed by atoms with van der Waals surface area (Å²) in [5.41, 5.74) is 0. The lowest BCUT2D eigenvalue weighted by Crippen LogP contribution is -2.45. The molecule has 1 aliphatic rings. The van der Waals surface area contributed by atoms with E-state index in [0.29, 0.717) is 25.5 Å². The lowest BCUT2D eigenvalue weighted by molar-refractivity contribution is 0.0347. The molecule has 8 heteroatoms. The van der Waals surface area contributed by atoms with E-state index in [1.807, 2.05) is 13.8 Å². The Morgan fingerprint density at radius 3 is 2.70 bits per heavy atom. The van der Waals surface area contributed by atoms with E-state index < -0.39 is 0 Å². The van der Waals surface area contributed by atoms with Crippen LogP contribution in [-0.4, -0.2) is 57.1 Å². The Morgan fingerprint density at radius 1 is 1.33 bits per heavy atom. The van der Waals surface area contributed by atoms with Crippen molar-refractivity contribution in [3.05, 3.63) is 30.1 Å². The fourth-order valence-electron chi connectivity index (χ4n) is 2.52. The van der Waals surface area contributed by atoms with Gasteiger partial charge in [-0.25, -0.2) is 9.38 Å². The van der Waals surface area contributed by atoms with Gasteiger partial charge in [-0.05, 0) is 51.5 Å². The topological polar surface area (TPSA) is 64.1 Å². The van der Waals surface area contributed by atoms with Gasteiger partial charge >= 0.3 is 0 Å². The predicted octanol–water partition coefficient (Wildman–Crippen LogP) is 2.96. The van der Waals surface area contributed by atoms with E-state index in [1.54, 1.807) is 12.1 Å². The quantitative estimate of drug-likeness (QED) is 0.314. The second kappa shape index (κ2) is 13.1. The summed E-state index contributed by atoms with van der Waals surface area (Å²) in [5, 5.41) is 6.56. The summed E-state index contributed by atoms with van der Waals surface area (Å²) < 4.78 is 29.8. The molecule has 2 rings (SSSR count). The van der Waals surface area contributed by atoms with Crippen molar-refractivity contribution >= 4 is 29.9 Å². The van der Waals surface area contributed by atoms with Gasteiger partial charge in [-0.15, -0.1) is 24.0 Å². The number of nitrogens with zero attached hydrogens (tertiary/aromatic N) is 1. The smallest absolute Gasteiger partial charge is 0.191 e. The van der Waals surface area contributed by atoms with Crippen LogP contribution in [0.25, 0.3) is 0 Å². The highest BCUT2D eigenvalue weighted by molar-refractivity contribution is 14.0. The van der Waals surface area contributed by atoms with E-state index in [0.717, 1.165) is 25.5 Å². The Balaban J connectivity index is 0.00000364. The number of nitrogens with one attached hydrogen (secondary N) is 2. The van der Waals surface area contributed by atoms with E-state index in [2.05, 4.69) is 22.5 Å². The van der Waals surface area contributed by atoms with Crippen molar-refractivity contribution in [2.24, 2.45) is 4.99 Å². The zero-order valence-corrected chi connectivity index (χ0v) is 18.6. The van der Waals surface area contributed by atoms with Gasteiger partial charge in [0.05, 0.1) is 25.9 Å². The molecule has 1 aromatic rings. The molecule has 2 N–H and O–H groups in total. The third kappa shape index (κ3) is 9.57. The molecule has 0 aliphatic carbocycles. The Kier molecular flexibility index (Phi) is 11.6. The first-order chi connectivity index (χ1) is 12.6. The van der Waals surface area contributed by atoms with E-state index in [-0.39, 0.29) is 48.0 Å². The van der Waals surface area contributed by atoms with Crippen LogP contribution in [0, 0.1) is 5.82 Å². The molecule has 0 bridgehead atoms. The number of hydrogen-bond acceptors (Lipinski definition) is 4. The van der Waals surface area contributed by atoms with Crippen molar-refractivity contribution in [2.75, 3.05) is 32.9 Å². The molecule has 27 heavy (non-hydrogen) atoms. The number of rotatable bonds is 9. The van der Waals surface area contributed by atoms with Gasteiger partial charge in [-0.2, -0.15) is 0 Å². The molecular formula is C19H31FIN3O3. The number of guanidine groups is 1. The van der Waals surface area contributed by atoms with Crippen LogP contribution in [0.5, 0.6) is 5.75 Å². The molecule has 1 saturated heterocycles. The molecule has 154 valence electrons. The summed E-state index contributed by atoms with van der Waals surface area (Å²) in [4.78, 5) is 4.56. The SMILES string of the molecule is CCNC(=NCC(C)Oc1ccc(F)cc1)NC(C)COC1CCOC1.I. The zero-order valence-electron chi connectivity index (χ0n) is 16.2. The Bertz CT molecular complexity index is 554. The molecule has 0 radical (unpaired) electrons. The number of hydrogen-bond donors (Lipinski definition) is 2. The van der Waals surface area contributed by atoms with Crippen molar-refractivity contribution in [2.45, 2.75) is 45.4 Å². The molecule has 0 aromatic heterocycles. The van der Waals surface area contributed by atoms with E-state index in [1.165, 1.54) is 12.1 Å². The van der Waals surface area contributed by atoms with Crippen molar-refractivity contribution in [3.63, 3.8) is 0 Å². The van der Waals surface area contributed by atoms with Crippen molar-refractivity contribution < 1.29 is 18.6 Å². The van der Waals surface area contributed by atoms with Gasteiger partial charge in [0.1, 0.15) is 17.7 Å². The highest BCUT2D eigenvalue weighted by Crippen LogP contribution is 2.13. The zero-order chi connectivity index (χ0) is 18.8. The van der Waals surface area contributed by atoms with Crippen molar-refractivity contribution in [1.29, 1.82) is 0 Å². The van der Waals surface area contributed by atoms with E-state index >= 15 is 0 Å².